The Labute approximate surface area is 124 Å². The molecule has 0 fully saturated rings. The van der Waals surface area contributed by atoms with Crippen molar-refractivity contribution in [3.05, 3.63) is 47.7 Å². The summed E-state index contributed by atoms with van der Waals surface area (Å²) in [5.74, 6) is 0. The summed E-state index contributed by atoms with van der Waals surface area (Å²) in [4.78, 5) is 30.1. The smallest absolute Gasteiger partial charge is 0.296 e. The summed E-state index contributed by atoms with van der Waals surface area (Å²) in [6, 6.07) is 1.96. The van der Waals surface area contributed by atoms with Crippen LogP contribution < -0.4 is 11.2 Å². The molecule has 108 valence electrons. The van der Waals surface area contributed by atoms with Crippen molar-refractivity contribution in [2.24, 2.45) is 0 Å². The molecule has 6 nitrogen and oxygen atoms in total. The van der Waals surface area contributed by atoms with Crippen molar-refractivity contribution in [2.45, 2.75) is 39.8 Å². The molecule has 3 rings (SSSR count). The minimum atomic E-state index is -0.485. The number of hydrogen-bond donors (Lipinski definition) is 0. The van der Waals surface area contributed by atoms with Crippen molar-refractivity contribution >= 4 is 11.3 Å². The molecule has 3 heterocycles. The lowest BCUT2D eigenvalue weighted by molar-refractivity contribution is 0.603. The minimum absolute atomic E-state index is 0.103. The van der Waals surface area contributed by atoms with Crippen molar-refractivity contribution in [2.75, 3.05) is 0 Å². The van der Waals surface area contributed by atoms with Gasteiger partial charge >= 0.3 is 5.69 Å². The number of aromatic nitrogens is 3. The van der Waals surface area contributed by atoms with Gasteiger partial charge in [-0.3, -0.25) is 13.9 Å². The molecule has 0 aliphatic carbocycles. The predicted molar refractivity (Wildman–Crippen MR) is 78.7 cm³/mol. The first-order valence-electron chi connectivity index (χ1n) is 6.72. The second kappa shape index (κ2) is 4.97. The maximum atomic E-state index is 12.5. The Morgan fingerprint density at radius 1 is 1.38 bits per heavy atom. The fraction of sp³-hybridized carbons (Fsp3) is 0.429. The molecule has 2 aromatic rings. The largest absolute Gasteiger partial charge is 0.331 e. The van der Waals surface area contributed by atoms with E-state index in [1.165, 1.54) is 11.3 Å². The Morgan fingerprint density at radius 3 is 2.76 bits per heavy atom. The molecule has 7 heteroatoms. The van der Waals surface area contributed by atoms with Crippen molar-refractivity contribution in [1.29, 1.82) is 5.26 Å². The van der Waals surface area contributed by atoms with Crippen LogP contribution in [0.3, 0.4) is 0 Å². The molecule has 2 aromatic heterocycles. The van der Waals surface area contributed by atoms with Crippen LogP contribution in [0, 0.1) is 25.2 Å². The van der Waals surface area contributed by atoms with Gasteiger partial charge in [0.2, 0.25) is 0 Å². The van der Waals surface area contributed by atoms with Crippen molar-refractivity contribution in [1.82, 2.24) is 14.1 Å². The van der Waals surface area contributed by atoms with Gasteiger partial charge in [0.25, 0.3) is 5.56 Å². The first kappa shape index (κ1) is 13.8. The Balaban J connectivity index is 2.20. The van der Waals surface area contributed by atoms with Crippen LogP contribution in [0.4, 0.5) is 0 Å². The summed E-state index contributed by atoms with van der Waals surface area (Å²) in [6.07, 6.45) is 1.42. The molecular formula is C14H14N4O2S. The average Bonchev–Trinajstić information content (AvgIpc) is 3.02. The molecule has 0 atom stereocenters. The lowest BCUT2D eigenvalue weighted by Gasteiger charge is -2.10. The molecule has 0 bridgehead atoms. The standard InChI is InChI=1S/C14H14N4O2S/c1-8-12(21-9(2)16-8)7-18-13(19)10(6-15)11-4-3-5-17(11)14(18)20/h3-5,7H2,1-2H3. The van der Waals surface area contributed by atoms with Crippen LogP contribution in [0.1, 0.15) is 33.3 Å². The summed E-state index contributed by atoms with van der Waals surface area (Å²) < 4.78 is 2.72. The third kappa shape index (κ3) is 2.12. The maximum absolute atomic E-state index is 12.5. The van der Waals surface area contributed by atoms with Gasteiger partial charge in [-0.05, 0) is 26.7 Å². The van der Waals surface area contributed by atoms with Crippen LogP contribution in [0.2, 0.25) is 0 Å². The van der Waals surface area contributed by atoms with E-state index in [0.29, 0.717) is 18.7 Å². The van der Waals surface area contributed by atoms with E-state index in [0.717, 1.165) is 26.6 Å². The summed E-state index contributed by atoms with van der Waals surface area (Å²) in [6.45, 7) is 4.51. The molecule has 0 N–H and O–H groups in total. The van der Waals surface area contributed by atoms with E-state index >= 15 is 0 Å². The van der Waals surface area contributed by atoms with E-state index in [2.05, 4.69) is 4.98 Å². The molecule has 0 unspecified atom stereocenters. The molecule has 0 saturated carbocycles. The summed E-state index contributed by atoms with van der Waals surface area (Å²) in [7, 11) is 0. The van der Waals surface area contributed by atoms with Crippen LogP contribution in [0.25, 0.3) is 0 Å². The van der Waals surface area contributed by atoms with E-state index < -0.39 is 5.56 Å². The predicted octanol–water partition coefficient (Wildman–Crippen LogP) is 0.950. The summed E-state index contributed by atoms with van der Waals surface area (Å²) in [5, 5.41) is 10.1. The van der Waals surface area contributed by atoms with Crippen molar-refractivity contribution in [3.63, 3.8) is 0 Å². The molecule has 1 aliphatic rings. The monoisotopic (exact) mass is 302 g/mol. The average molecular weight is 302 g/mol. The first-order chi connectivity index (χ1) is 10.0. The number of hydrogen-bond acceptors (Lipinski definition) is 5. The molecule has 0 amide bonds. The topological polar surface area (TPSA) is 80.7 Å². The van der Waals surface area contributed by atoms with Gasteiger partial charge in [-0.2, -0.15) is 5.26 Å². The number of fused-ring (bicyclic) bond motifs is 1. The number of nitrogens with zero attached hydrogens (tertiary/aromatic N) is 4. The fourth-order valence-electron chi connectivity index (χ4n) is 2.75. The molecule has 0 saturated heterocycles. The van der Waals surface area contributed by atoms with Gasteiger partial charge < -0.3 is 0 Å². The molecule has 0 spiro atoms. The molecule has 0 radical (unpaired) electrons. The van der Waals surface area contributed by atoms with Gasteiger partial charge in [-0.25, -0.2) is 9.78 Å². The highest BCUT2D eigenvalue weighted by atomic mass is 32.1. The highest BCUT2D eigenvalue weighted by molar-refractivity contribution is 7.11. The Hall–Kier alpha value is -2.20. The summed E-state index contributed by atoms with van der Waals surface area (Å²) >= 11 is 1.47. The fourth-order valence-corrected chi connectivity index (χ4v) is 3.68. The third-order valence-electron chi connectivity index (χ3n) is 3.74. The van der Waals surface area contributed by atoms with Gasteiger partial charge in [-0.1, -0.05) is 0 Å². The second-order valence-electron chi connectivity index (χ2n) is 5.10. The Bertz CT molecular complexity index is 882. The first-order valence-corrected chi connectivity index (χ1v) is 7.54. The van der Waals surface area contributed by atoms with Crippen LogP contribution in [0.15, 0.2) is 9.59 Å². The van der Waals surface area contributed by atoms with E-state index in [-0.39, 0.29) is 17.8 Å². The van der Waals surface area contributed by atoms with Crippen LogP contribution >= 0.6 is 11.3 Å². The number of rotatable bonds is 2. The third-order valence-corrected chi connectivity index (χ3v) is 4.80. The van der Waals surface area contributed by atoms with Gasteiger partial charge in [0.15, 0.2) is 0 Å². The van der Waals surface area contributed by atoms with E-state index in [1.54, 1.807) is 4.57 Å². The van der Waals surface area contributed by atoms with E-state index in [1.807, 2.05) is 19.9 Å². The molecule has 1 aliphatic heterocycles. The zero-order valence-electron chi connectivity index (χ0n) is 11.8. The van der Waals surface area contributed by atoms with Gasteiger partial charge in [0.05, 0.1) is 17.2 Å². The number of nitriles is 1. The number of aryl methyl sites for hydroxylation is 2. The van der Waals surface area contributed by atoms with Crippen LogP contribution in [0.5, 0.6) is 0 Å². The maximum Gasteiger partial charge on any atom is 0.331 e. The number of thiazole rings is 1. The van der Waals surface area contributed by atoms with Gasteiger partial charge in [0, 0.05) is 17.1 Å². The second-order valence-corrected chi connectivity index (χ2v) is 6.39. The quantitative estimate of drug-likeness (QED) is 0.827. The van der Waals surface area contributed by atoms with E-state index in [9.17, 15) is 14.9 Å². The summed E-state index contributed by atoms with van der Waals surface area (Å²) in [5.41, 5.74) is 0.706. The lowest BCUT2D eigenvalue weighted by atomic mass is 10.2. The van der Waals surface area contributed by atoms with Gasteiger partial charge in [-0.15, -0.1) is 11.3 Å². The molecular weight excluding hydrogens is 288 g/mol. The zero-order chi connectivity index (χ0) is 15.1. The van der Waals surface area contributed by atoms with Crippen molar-refractivity contribution in [3.8, 4) is 6.07 Å². The van der Waals surface area contributed by atoms with Crippen LogP contribution in [-0.4, -0.2) is 14.1 Å². The normalized spacial score (nSPS) is 13.2. The minimum Gasteiger partial charge on any atom is -0.296 e. The Kier molecular flexibility index (Phi) is 3.26. The zero-order valence-corrected chi connectivity index (χ0v) is 12.7. The van der Waals surface area contributed by atoms with Crippen molar-refractivity contribution < 1.29 is 0 Å². The molecule has 21 heavy (non-hydrogen) atoms. The van der Waals surface area contributed by atoms with Gasteiger partial charge in [0.1, 0.15) is 11.6 Å². The molecule has 0 aromatic carbocycles. The van der Waals surface area contributed by atoms with Crippen LogP contribution in [-0.2, 0) is 19.5 Å². The highest BCUT2D eigenvalue weighted by Crippen LogP contribution is 2.18. The SMILES string of the molecule is Cc1nc(C)c(Cn2c(=O)c(C#N)c3n(c2=O)CCC3)s1. The Morgan fingerprint density at radius 2 is 2.14 bits per heavy atom. The lowest BCUT2D eigenvalue weighted by Crippen LogP contribution is -2.41. The highest BCUT2D eigenvalue weighted by Gasteiger charge is 2.23. The van der Waals surface area contributed by atoms with E-state index in [4.69, 9.17) is 0 Å².